The van der Waals surface area contributed by atoms with E-state index in [2.05, 4.69) is 36.4 Å². The highest BCUT2D eigenvalue weighted by Crippen LogP contribution is 2.34. The number of nitrogens with one attached hydrogen (secondary N) is 2. The first-order valence-corrected chi connectivity index (χ1v) is 7.60. The Kier molecular flexibility index (Phi) is 4.38. The zero-order valence-corrected chi connectivity index (χ0v) is 13.8. The highest BCUT2D eigenvalue weighted by atomic mass is 79.9. The summed E-state index contributed by atoms with van der Waals surface area (Å²) in [7, 11) is 1.58. The Morgan fingerprint density at radius 1 is 1.00 bits per heavy atom. The van der Waals surface area contributed by atoms with Gasteiger partial charge in [-0.3, -0.25) is 15.0 Å². The molecule has 0 bridgehead atoms. The van der Waals surface area contributed by atoms with Gasteiger partial charge in [0.1, 0.15) is 5.75 Å². The Bertz CT molecular complexity index is 914. The third-order valence-electron chi connectivity index (χ3n) is 3.24. The predicted octanol–water partition coefficient (Wildman–Crippen LogP) is 4.56. The minimum Gasteiger partial charge on any atom is -0.496 e. The molecule has 0 spiro atoms. The molecule has 0 aliphatic rings. The number of hydrogen-bond acceptors (Lipinski definition) is 4. The summed E-state index contributed by atoms with van der Waals surface area (Å²) in [4.78, 5) is 12.0. The lowest BCUT2D eigenvalue weighted by Crippen LogP contribution is -1.96. The minimum atomic E-state index is -0.346. The molecule has 1 aromatic heterocycles. The van der Waals surface area contributed by atoms with E-state index >= 15 is 0 Å². The van der Waals surface area contributed by atoms with E-state index in [4.69, 9.17) is 4.74 Å². The van der Waals surface area contributed by atoms with Gasteiger partial charge < -0.3 is 4.74 Å². The molecule has 1 heterocycles. The normalized spacial score (nSPS) is 11.0. The molecule has 116 valence electrons. The van der Waals surface area contributed by atoms with Gasteiger partial charge in [-0.05, 0) is 40.2 Å². The van der Waals surface area contributed by atoms with Crippen molar-refractivity contribution in [2.75, 3.05) is 7.11 Å². The lowest BCUT2D eigenvalue weighted by atomic mass is 10.1. The van der Waals surface area contributed by atoms with Crippen LogP contribution in [0.5, 0.6) is 5.75 Å². The number of methoxy groups -OCH3 is 1. The number of aromatic amines is 2. The van der Waals surface area contributed by atoms with Crippen LogP contribution in [-0.2, 0) is 0 Å². The van der Waals surface area contributed by atoms with Gasteiger partial charge in [0.05, 0.1) is 18.5 Å². The molecule has 2 aromatic carbocycles. The molecule has 0 aliphatic heterocycles. The van der Waals surface area contributed by atoms with Crippen molar-refractivity contribution in [3.63, 3.8) is 0 Å². The van der Waals surface area contributed by atoms with Crippen LogP contribution in [0, 0.1) is 0 Å². The van der Waals surface area contributed by atoms with E-state index < -0.39 is 0 Å². The van der Waals surface area contributed by atoms with Gasteiger partial charge in [0, 0.05) is 10.0 Å². The molecule has 0 saturated heterocycles. The van der Waals surface area contributed by atoms with Gasteiger partial charge in [-0.2, -0.15) is 0 Å². The predicted molar refractivity (Wildman–Crippen MR) is 91.7 cm³/mol. The first-order chi connectivity index (χ1) is 11.2. The molecule has 0 atom stereocenters. The number of benzene rings is 2. The molecule has 0 saturated carbocycles. The highest BCUT2D eigenvalue weighted by molar-refractivity contribution is 9.10. The van der Waals surface area contributed by atoms with Crippen molar-refractivity contribution in [1.82, 2.24) is 10.2 Å². The highest BCUT2D eigenvalue weighted by Gasteiger charge is 2.15. The summed E-state index contributed by atoms with van der Waals surface area (Å²) >= 11 is 3.40. The van der Waals surface area contributed by atoms with Crippen molar-refractivity contribution in [2.24, 2.45) is 10.2 Å². The van der Waals surface area contributed by atoms with Crippen LogP contribution >= 0.6 is 15.9 Å². The van der Waals surface area contributed by atoms with E-state index in [1.165, 1.54) is 0 Å². The van der Waals surface area contributed by atoms with Crippen molar-refractivity contribution in [3.05, 3.63) is 63.4 Å². The van der Waals surface area contributed by atoms with Gasteiger partial charge in [-0.15, -0.1) is 10.2 Å². The molecular weight excluding hydrogens is 360 g/mol. The summed E-state index contributed by atoms with van der Waals surface area (Å²) in [6.45, 7) is 0. The number of aromatic nitrogens is 2. The number of nitrogens with zero attached hydrogens (tertiary/aromatic N) is 2. The fourth-order valence-electron chi connectivity index (χ4n) is 2.13. The number of hydrogen-bond donors (Lipinski definition) is 2. The molecule has 23 heavy (non-hydrogen) atoms. The zero-order valence-electron chi connectivity index (χ0n) is 12.2. The van der Waals surface area contributed by atoms with Crippen LogP contribution in [0.25, 0.3) is 11.3 Å². The first kappa shape index (κ1) is 15.2. The van der Waals surface area contributed by atoms with E-state index in [-0.39, 0.29) is 11.2 Å². The van der Waals surface area contributed by atoms with Crippen molar-refractivity contribution in [2.45, 2.75) is 0 Å². The van der Waals surface area contributed by atoms with E-state index in [9.17, 15) is 4.79 Å². The monoisotopic (exact) mass is 372 g/mol. The maximum Gasteiger partial charge on any atom is 0.292 e. The van der Waals surface area contributed by atoms with Crippen LogP contribution in [0.15, 0.2) is 68.0 Å². The van der Waals surface area contributed by atoms with E-state index in [0.29, 0.717) is 17.1 Å². The third kappa shape index (κ3) is 3.09. The van der Waals surface area contributed by atoms with Gasteiger partial charge in [-0.1, -0.05) is 24.3 Å². The number of azo groups is 1. The van der Waals surface area contributed by atoms with Gasteiger partial charge in [0.25, 0.3) is 5.56 Å². The Balaban J connectivity index is 2.07. The quantitative estimate of drug-likeness (QED) is 0.658. The average Bonchev–Trinajstić information content (AvgIpc) is 2.95. The van der Waals surface area contributed by atoms with Crippen molar-refractivity contribution in [3.8, 4) is 17.0 Å². The Morgan fingerprint density at radius 3 is 2.52 bits per heavy atom. The van der Waals surface area contributed by atoms with Crippen LogP contribution in [0.2, 0.25) is 0 Å². The average molecular weight is 373 g/mol. The molecule has 0 fully saturated rings. The molecule has 2 N–H and O–H groups in total. The summed E-state index contributed by atoms with van der Waals surface area (Å²) in [5.74, 6) is 0.639. The second-order valence-corrected chi connectivity index (χ2v) is 5.51. The molecule has 6 nitrogen and oxygen atoms in total. The molecule has 0 unspecified atom stereocenters. The zero-order chi connectivity index (χ0) is 16.2. The van der Waals surface area contributed by atoms with E-state index in [1.54, 1.807) is 13.2 Å². The number of rotatable bonds is 4. The fourth-order valence-corrected chi connectivity index (χ4v) is 2.49. The molecule has 0 amide bonds. The SMILES string of the molecule is COc1ccccc1-c1[nH][nH]c(=O)c1N=Nc1ccccc1Br. The summed E-state index contributed by atoms with van der Waals surface area (Å²) in [5, 5.41) is 13.6. The molecule has 7 heteroatoms. The van der Waals surface area contributed by atoms with Crippen LogP contribution in [0.4, 0.5) is 11.4 Å². The van der Waals surface area contributed by atoms with Gasteiger partial charge in [0.2, 0.25) is 0 Å². The Labute approximate surface area is 140 Å². The van der Waals surface area contributed by atoms with Crippen LogP contribution in [0.3, 0.4) is 0 Å². The largest absolute Gasteiger partial charge is 0.496 e. The maximum atomic E-state index is 12.0. The second-order valence-electron chi connectivity index (χ2n) is 4.65. The van der Waals surface area contributed by atoms with Crippen molar-refractivity contribution >= 4 is 27.3 Å². The van der Waals surface area contributed by atoms with Gasteiger partial charge >= 0.3 is 0 Å². The minimum absolute atomic E-state index is 0.199. The maximum absolute atomic E-state index is 12.0. The first-order valence-electron chi connectivity index (χ1n) is 6.81. The molecule has 3 aromatic rings. The fraction of sp³-hybridized carbons (Fsp3) is 0.0625. The topological polar surface area (TPSA) is 82.6 Å². The summed E-state index contributed by atoms with van der Waals surface area (Å²) < 4.78 is 6.13. The molecule has 3 rings (SSSR count). The summed E-state index contributed by atoms with van der Waals surface area (Å²) in [5.41, 5.74) is 1.75. The molecule has 0 aliphatic carbocycles. The van der Waals surface area contributed by atoms with Crippen LogP contribution < -0.4 is 10.3 Å². The standard InChI is InChI=1S/C16H13BrN4O2/c1-23-13-9-5-2-6-10(13)14-15(16(22)21-19-14)20-18-12-8-4-3-7-11(12)17/h2-9H,1H3,(H2,19,21,22). The van der Waals surface area contributed by atoms with Gasteiger partial charge in [-0.25, -0.2) is 0 Å². The number of halogens is 1. The smallest absolute Gasteiger partial charge is 0.292 e. The van der Waals surface area contributed by atoms with Crippen LogP contribution in [-0.4, -0.2) is 17.3 Å². The van der Waals surface area contributed by atoms with E-state index in [1.807, 2.05) is 42.5 Å². The number of H-pyrrole nitrogens is 2. The summed E-state index contributed by atoms with van der Waals surface area (Å²) in [6, 6.07) is 14.8. The van der Waals surface area contributed by atoms with Crippen LogP contribution in [0.1, 0.15) is 0 Å². The second kappa shape index (κ2) is 6.62. The lowest BCUT2D eigenvalue weighted by molar-refractivity contribution is 0.416. The van der Waals surface area contributed by atoms with Crippen molar-refractivity contribution in [1.29, 1.82) is 0 Å². The number of para-hydroxylation sites is 1. The lowest BCUT2D eigenvalue weighted by Gasteiger charge is -2.06. The van der Waals surface area contributed by atoms with E-state index in [0.717, 1.165) is 10.0 Å². The Morgan fingerprint density at radius 2 is 1.74 bits per heavy atom. The molecular formula is C16H13BrN4O2. The van der Waals surface area contributed by atoms with Gasteiger partial charge in [0.15, 0.2) is 5.69 Å². The number of ether oxygens (including phenoxy) is 1. The van der Waals surface area contributed by atoms with Crippen molar-refractivity contribution < 1.29 is 4.74 Å². The molecule has 0 radical (unpaired) electrons. The Hall–Kier alpha value is -2.67. The third-order valence-corrected chi connectivity index (χ3v) is 3.91. The summed E-state index contributed by atoms with van der Waals surface area (Å²) in [6.07, 6.45) is 0.